The summed E-state index contributed by atoms with van der Waals surface area (Å²) in [6.45, 7) is 0. The lowest BCUT2D eigenvalue weighted by Crippen LogP contribution is -2.57. The number of ketones is 1. The van der Waals surface area contributed by atoms with Gasteiger partial charge in [-0.1, -0.05) is 91.0 Å². The third-order valence-electron chi connectivity index (χ3n) is 9.98. The molecule has 0 saturated carbocycles. The number of carbonyl (C=O) groups is 6. The Bertz CT molecular complexity index is 2180. The molecule has 12 nitrogen and oxygen atoms in total. The average molecular weight is 800 g/mol. The number of nitrogens with one attached hydrogen (secondary N) is 4. The monoisotopic (exact) mass is 799 g/mol. The van der Waals surface area contributed by atoms with Crippen LogP contribution in [0.2, 0.25) is 0 Å². The van der Waals surface area contributed by atoms with Crippen molar-refractivity contribution in [1.29, 1.82) is 0 Å². The molecule has 2 bridgehead atoms. The number of aryl methyl sites for hydroxylation is 1. The van der Waals surface area contributed by atoms with Gasteiger partial charge in [-0.15, -0.1) is 11.3 Å². The predicted octanol–water partition coefficient (Wildman–Crippen LogP) is 5.32. The van der Waals surface area contributed by atoms with E-state index in [0.717, 1.165) is 27.1 Å². The Balaban J connectivity index is 1.33. The molecule has 0 aliphatic carbocycles. The largest absolute Gasteiger partial charge is 0.481 e. The number of Topliss-reactive ketones (excluding diaryl/α,β-unsaturated/α-hetero) is 1. The van der Waals surface area contributed by atoms with Crippen molar-refractivity contribution >= 4 is 52.4 Å². The van der Waals surface area contributed by atoms with Crippen LogP contribution in [-0.4, -0.2) is 63.6 Å². The fourth-order valence-corrected chi connectivity index (χ4v) is 7.53. The Labute approximate surface area is 340 Å². The Morgan fingerprint density at radius 1 is 0.655 bits per heavy atom. The summed E-state index contributed by atoms with van der Waals surface area (Å²) in [7, 11) is 0. The van der Waals surface area contributed by atoms with Crippen LogP contribution in [0.1, 0.15) is 47.4 Å². The second-order valence-electron chi connectivity index (χ2n) is 14.3. The molecule has 5 aromatic rings. The number of rotatable bonds is 9. The topological polar surface area (TPSA) is 184 Å². The van der Waals surface area contributed by atoms with E-state index < -0.39 is 59.4 Å². The van der Waals surface area contributed by atoms with Gasteiger partial charge in [-0.3, -0.25) is 33.8 Å². The quantitative estimate of drug-likeness (QED) is 0.124. The first-order chi connectivity index (χ1) is 28.1. The maximum atomic E-state index is 14.4. The molecule has 0 radical (unpaired) electrons. The van der Waals surface area contributed by atoms with Crippen molar-refractivity contribution in [3.63, 3.8) is 0 Å². The summed E-state index contributed by atoms with van der Waals surface area (Å²) in [5.41, 5.74) is 4.37. The normalized spacial score (nSPS) is 19.9. The zero-order valence-corrected chi connectivity index (χ0v) is 32.6. The predicted molar refractivity (Wildman–Crippen MR) is 221 cm³/mol. The molecule has 5 N–H and O–H groups in total. The third kappa shape index (κ3) is 12.0. The first-order valence-electron chi connectivity index (χ1n) is 19.2. The van der Waals surface area contributed by atoms with E-state index in [9.17, 15) is 33.9 Å². The second-order valence-corrected chi connectivity index (χ2v) is 15.3. The molecular weight excluding hydrogens is 755 g/mol. The van der Waals surface area contributed by atoms with Gasteiger partial charge in [0.2, 0.25) is 23.6 Å². The van der Waals surface area contributed by atoms with Crippen molar-refractivity contribution in [2.24, 2.45) is 5.92 Å². The molecule has 0 spiro atoms. The highest BCUT2D eigenvalue weighted by Gasteiger charge is 2.32. The van der Waals surface area contributed by atoms with Gasteiger partial charge in [0.15, 0.2) is 5.78 Å². The van der Waals surface area contributed by atoms with Crippen LogP contribution in [0.15, 0.2) is 121 Å². The van der Waals surface area contributed by atoms with Crippen molar-refractivity contribution in [3.05, 3.63) is 142 Å². The van der Waals surface area contributed by atoms with E-state index in [0.29, 0.717) is 17.8 Å². The van der Waals surface area contributed by atoms with Crippen molar-refractivity contribution in [1.82, 2.24) is 20.9 Å². The zero-order chi connectivity index (χ0) is 40.9. The number of fused-ring (bicyclic) bond motifs is 18. The molecule has 2 aliphatic rings. The van der Waals surface area contributed by atoms with Crippen molar-refractivity contribution < 1.29 is 33.9 Å². The smallest absolute Gasteiger partial charge is 0.307 e. The number of aromatic nitrogens is 1. The minimum absolute atomic E-state index is 0.0469. The summed E-state index contributed by atoms with van der Waals surface area (Å²) >= 11 is 1.41. The van der Waals surface area contributed by atoms with E-state index in [4.69, 9.17) is 0 Å². The number of aliphatic carboxylic acids is 1. The van der Waals surface area contributed by atoms with E-state index in [2.05, 4.69) is 26.3 Å². The highest BCUT2D eigenvalue weighted by molar-refractivity contribution is 7.09. The summed E-state index contributed by atoms with van der Waals surface area (Å²) in [4.78, 5) is 86.3. The van der Waals surface area contributed by atoms with Gasteiger partial charge in [0.25, 0.3) is 0 Å². The number of benzene rings is 3. The number of pyridine rings is 1. The van der Waals surface area contributed by atoms with Crippen LogP contribution in [-0.2, 0) is 54.5 Å². The highest BCUT2D eigenvalue weighted by Crippen LogP contribution is 2.21. The molecule has 3 aromatic carbocycles. The zero-order valence-electron chi connectivity index (χ0n) is 31.8. The summed E-state index contributed by atoms with van der Waals surface area (Å²) in [5.74, 6) is -5.08. The minimum Gasteiger partial charge on any atom is -0.481 e. The standard InChI is InChI=1S/C45H45N5O7S/c51-40-26-33(45(56)57)25-34-18-19-35(28-46-34)47-41(52)21-22-42(53)48-39(27-36-12-7-23-58-36)44(55)50-38(43(54)49-37(40)20-15-29-8-3-1-4-9-29)24-30-13-16-32(17-14-30)31-10-5-2-6-11-31/h1-14,16-19,23,28,33,37-39H,15,20-22,24-27H2,(H,47,52)(H,48,53)(H,49,54)(H,50,55)(H,56,57)/t33-,37-,38+,39-/m1/s1. The molecule has 13 heteroatoms. The number of hydrogen-bond acceptors (Lipinski definition) is 8. The van der Waals surface area contributed by atoms with Gasteiger partial charge in [0.05, 0.1) is 23.8 Å². The summed E-state index contributed by atoms with van der Waals surface area (Å²) < 4.78 is 0. The second kappa shape index (κ2) is 20.1. The number of thiophene rings is 1. The van der Waals surface area contributed by atoms with E-state index >= 15 is 0 Å². The molecule has 0 unspecified atom stereocenters. The van der Waals surface area contributed by atoms with Crippen molar-refractivity contribution in [2.45, 2.75) is 69.5 Å². The summed E-state index contributed by atoms with van der Waals surface area (Å²) in [6.07, 6.45) is 1.30. The molecule has 58 heavy (non-hydrogen) atoms. The van der Waals surface area contributed by atoms with E-state index in [1.165, 1.54) is 17.5 Å². The van der Waals surface area contributed by atoms with Crippen LogP contribution < -0.4 is 21.3 Å². The van der Waals surface area contributed by atoms with Gasteiger partial charge in [0, 0.05) is 49.1 Å². The lowest BCUT2D eigenvalue weighted by molar-refractivity contribution is -0.144. The minimum atomic E-state index is -1.20. The van der Waals surface area contributed by atoms with Crippen LogP contribution in [0.4, 0.5) is 5.69 Å². The molecule has 2 aromatic heterocycles. The maximum absolute atomic E-state index is 14.4. The number of carbonyl (C=O) groups excluding carboxylic acids is 5. The molecule has 7 rings (SSSR count). The lowest BCUT2D eigenvalue weighted by Gasteiger charge is -2.26. The van der Waals surface area contributed by atoms with Crippen LogP contribution in [0, 0.1) is 5.92 Å². The Kier molecular flexibility index (Phi) is 14.3. The number of amides is 4. The Morgan fingerprint density at radius 3 is 1.97 bits per heavy atom. The van der Waals surface area contributed by atoms with E-state index in [1.54, 1.807) is 12.1 Å². The maximum Gasteiger partial charge on any atom is 0.307 e. The van der Waals surface area contributed by atoms with Crippen LogP contribution in [0.5, 0.6) is 0 Å². The SMILES string of the molecule is O=C1CCC(=O)N[C@H](Cc2cccs2)C(=O)N[C@@H](Cc2ccc(-c3ccccc3)cc2)C(=O)N[C@H](CCc2ccccc2)C(=O)C[C@H](C(=O)O)Cc2ccc(cn2)N1. The van der Waals surface area contributed by atoms with Gasteiger partial charge in [0.1, 0.15) is 12.1 Å². The molecular formula is C45H45N5O7S. The number of hydrogen-bond donors (Lipinski definition) is 5. The number of carboxylic acids is 1. The first-order valence-corrected chi connectivity index (χ1v) is 20.1. The number of nitrogens with zero attached hydrogens (tertiary/aromatic N) is 1. The fraction of sp³-hybridized carbons (Fsp3) is 0.267. The van der Waals surface area contributed by atoms with Gasteiger partial charge in [-0.2, -0.15) is 0 Å². The first kappa shape index (κ1) is 41.2. The van der Waals surface area contributed by atoms with Crippen LogP contribution in [0.3, 0.4) is 0 Å². The fourth-order valence-electron chi connectivity index (χ4n) is 6.78. The van der Waals surface area contributed by atoms with Crippen molar-refractivity contribution in [2.75, 3.05) is 5.32 Å². The molecule has 4 heterocycles. The van der Waals surface area contributed by atoms with Gasteiger partial charge < -0.3 is 26.4 Å². The van der Waals surface area contributed by atoms with Gasteiger partial charge in [-0.25, -0.2) is 0 Å². The van der Waals surface area contributed by atoms with Crippen LogP contribution in [0.25, 0.3) is 11.1 Å². The van der Waals surface area contributed by atoms with Gasteiger partial charge in [-0.05, 0) is 58.7 Å². The molecule has 298 valence electrons. The van der Waals surface area contributed by atoms with E-state index in [1.807, 2.05) is 102 Å². The van der Waals surface area contributed by atoms with E-state index in [-0.39, 0.29) is 44.9 Å². The number of anilines is 1. The number of carboxylic acid groups (broad SMARTS) is 1. The van der Waals surface area contributed by atoms with Crippen molar-refractivity contribution in [3.8, 4) is 11.1 Å². The third-order valence-corrected chi connectivity index (χ3v) is 10.9. The Morgan fingerprint density at radius 2 is 1.31 bits per heavy atom. The van der Waals surface area contributed by atoms with Gasteiger partial charge >= 0.3 is 5.97 Å². The molecule has 0 fully saturated rings. The molecule has 0 saturated heterocycles. The highest BCUT2D eigenvalue weighted by atomic mass is 32.1. The van der Waals surface area contributed by atoms with Crippen LogP contribution >= 0.6 is 11.3 Å². The molecule has 4 amide bonds. The Hall–Kier alpha value is -6.47. The molecule has 2 aliphatic heterocycles. The summed E-state index contributed by atoms with van der Waals surface area (Å²) in [6, 6.07) is 30.2. The average Bonchev–Trinajstić information content (AvgIpc) is 3.75. The summed E-state index contributed by atoms with van der Waals surface area (Å²) in [5, 5.41) is 23.3. The lowest BCUT2D eigenvalue weighted by atomic mass is 9.91. The molecule has 4 atom stereocenters.